The minimum atomic E-state index is -1.07. The molecule has 0 aromatic heterocycles. The number of fused-ring (bicyclic) bond motifs is 7. The summed E-state index contributed by atoms with van der Waals surface area (Å²) in [6.07, 6.45) is 8.54. The summed E-state index contributed by atoms with van der Waals surface area (Å²) in [6.45, 7) is 4.53. The SMILES string of the molecule is COCCOCCOc1ccc2c(c1)CC[C@@H]1C2[C@@H](c2ccc(C3CC3)cc2)C[C@@]2(C)[C@H]1CC1C=C(O)[C@]12O.[HH].[HH]. The minimum Gasteiger partial charge on any atom is -0.510 e. The van der Waals surface area contributed by atoms with Crippen molar-refractivity contribution in [3.63, 3.8) is 0 Å². The van der Waals surface area contributed by atoms with Gasteiger partial charge < -0.3 is 24.4 Å². The van der Waals surface area contributed by atoms with Gasteiger partial charge in [-0.15, -0.1) is 0 Å². The maximum atomic E-state index is 11.9. The minimum absolute atomic E-state index is 0. The molecule has 2 aromatic rings. The van der Waals surface area contributed by atoms with Crippen molar-refractivity contribution in [1.29, 1.82) is 0 Å². The van der Waals surface area contributed by atoms with Gasteiger partial charge in [0.15, 0.2) is 0 Å². The first-order valence-electron chi connectivity index (χ1n) is 15.0. The van der Waals surface area contributed by atoms with Gasteiger partial charge in [-0.3, -0.25) is 0 Å². The number of aliphatic hydroxyl groups excluding tert-OH is 1. The normalized spacial score (nSPS) is 36.2. The summed E-state index contributed by atoms with van der Waals surface area (Å²) < 4.78 is 16.7. The number of ether oxygens (including phenoxy) is 3. The van der Waals surface area contributed by atoms with Crippen LogP contribution in [0.3, 0.4) is 0 Å². The van der Waals surface area contributed by atoms with Crippen LogP contribution in [0, 0.1) is 23.2 Å². The lowest BCUT2D eigenvalue weighted by molar-refractivity contribution is -0.129. The molecule has 212 valence electrons. The van der Waals surface area contributed by atoms with Gasteiger partial charge in [0.2, 0.25) is 0 Å². The molecular formula is C34H46O5. The number of rotatable bonds is 9. The molecule has 0 amide bonds. The van der Waals surface area contributed by atoms with Crippen LogP contribution in [0.1, 0.15) is 81.9 Å². The van der Waals surface area contributed by atoms with Crippen LogP contribution >= 0.6 is 0 Å². The zero-order valence-electron chi connectivity index (χ0n) is 23.3. The Morgan fingerprint density at radius 3 is 2.49 bits per heavy atom. The number of aliphatic hydroxyl groups is 2. The fourth-order valence-electron chi connectivity index (χ4n) is 8.97. The molecule has 0 saturated heterocycles. The van der Waals surface area contributed by atoms with Crippen LogP contribution in [0.2, 0.25) is 0 Å². The summed E-state index contributed by atoms with van der Waals surface area (Å²) in [5.74, 6) is 3.54. The van der Waals surface area contributed by atoms with Gasteiger partial charge in [0.25, 0.3) is 0 Å². The molecule has 39 heavy (non-hydrogen) atoms. The third-order valence-corrected chi connectivity index (χ3v) is 11.1. The highest BCUT2D eigenvalue weighted by molar-refractivity contribution is 5.46. The highest BCUT2D eigenvalue weighted by Crippen LogP contribution is 2.72. The van der Waals surface area contributed by atoms with E-state index in [4.69, 9.17) is 14.2 Å². The molecule has 5 heteroatoms. The fourth-order valence-corrected chi connectivity index (χ4v) is 8.97. The zero-order chi connectivity index (χ0) is 26.8. The molecule has 3 fully saturated rings. The van der Waals surface area contributed by atoms with Gasteiger partial charge in [0, 0.05) is 21.3 Å². The molecule has 5 aliphatic carbocycles. The van der Waals surface area contributed by atoms with Crippen molar-refractivity contribution in [1.82, 2.24) is 0 Å². The number of hydrogen-bond donors (Lipinski definition) is 2. The Morgan fingerprint density at radius 2 is 1.74 bits per heavy atom. The van der Waals surface area contributed by atoms with Gasteiger partial charge >= 0.3 is 0 Å². The zero-order valence-corrected chi connectivity index (χ0v) is 23.3. The molecule has 0 heterocycles. The van der Waals surface area contributed by atoms with Gasteiger partial charge in [-0.05, 0) is 109 Å². The lowest BCUT2D eigenvalue weighted by Gasteiger charge is -2.57. The van der Waals surface area contributed by atoms with Crippen molar-refractivity contribution in [2.75, 3.05) is 33.5 Å². The Labute approximate surface area is 235 Å². The largest absolute Gasteiger partial charge is 0.510 e. The van der Waals surface area contributed by atoms with E-state index in [1.807, 2.05) is 6.08 Å². The third kappa shape index (κ3) is 3.99. The summed E-state index contributed by atoms with van der Waals surface area (Å²) >= 11 is 0. The molecule has 0 aliphatic heterocycles. The van der Waals surface area contributed by atoms with Gasteiger partial charge in [0.05, 0.1) is 19.8 Å². The molecule has 7 rings (SSSR count). The molecule has 5 aliphatic rings. The Balaban J connectivity index is 0.00000169. The first-order valence-corrected chi connectivity index (χ1v) is 15.0. The summed E-state index contributed by atoms with van der Waals surface area (Å²) in [5.41, 5.74) is 4.31. The summed E-state index contributed by atoms with van der Waals surface area (Å²) in [5, 5.41) is 22.6. The van der Waals surface area contributed by atoms with E-state index in [1.165, 1.54) is 35.1 Å². The number of benzene rings is 2. The molecule has 5 nitrogen and oxygen atoms in total. The summed E-state index contributed by atoms with van der Waals surface area (Å²) in [6, 6.07) is 16.1. The maximum Gasteiger partial charge on any atom is 0.133 e. The van der Waals surface area contributed by atoms with E-state index in [1.54, 1.807) is 7.11 Å². The first-order chi connectivity index (χ1) is 18.9. The maximum absolute atomic E-state index is 11.9. The van der Waals surface area contributed by atoms with Gasteiger partial charge in [-0.25, -0.2) is 0 Å². The predicted octanol–water partition coefficient (Wildman–Crippen LogP) is 6.76. The second kappa shape index (κ2) is 9.64. The average Bonchev–Trinajstić information content (AvgIpc) is 3.78. The van der Waals surface area contributed by atoms with E-state index in [2.05, 4.69) is 49.4 Å². The van der Waals surface area contributed by atoms with Crippen molar-refractivity contribution >= 4 is 0 Å². The van der Waals surface area contributed by atoms with Crippen LogP contribution in [-0.2, 0) is 15.9 Å². The van der Waals surface area contributed by atoms with Crippen LogP contribution < -0.4 is 4.74 Å². The van der Waals surface area contributed by atoms with Crippen molar-refractivity contribution in [2.45, 2.75) is 68.8 Å². The van der Waals surface area contributed by atoms with Crippen molar-refractivity contribution in [2.24, 2.45) is 23.2 Å². The average molecular weight is 535 g/mol. The van der Waals surface area contributed by atoms with Crippen LogP contribution in [0.4, 0.5) is 0 Å². The third-order valence-electron chi connectivity index (χ3n) is 11.1. The lowest BCUT2D eigenvalue weighted by atomic mass is 9.48. The monoisotopic (exact) mass is 534 g/mol. The molecular weight excluding hydrogens is 488 g/mol. The Kier molecular flexibility index (Phi) is 6.33. The number of hydrogen-bond acceptors (Lipinski definition) is 5. The van der Waals surface area contributed by atoms with Gasteiger partial charge in [-0.2, -0.15) is 0 Å². The molecule has 0 radical (unpaired) electrons. The Hall–Kier alpha value is -2.34. The highest BCUT2D eigenvalue weighted by Gasteiger charge is 2.71. The standard InChI is InChI=1S/C34H42O5.2H2/c1-33-20-29(23-7-5-22(6-8-23)21-3-4-21)32-27-12-10-26(39-16-15-38-14-13-37-2)17-24(27)9-11-28(32)30(33)18-25-19-31(35)34(25,33)36;;/h5-8,10,12,17,19,21,25,28-30,32,35-36H,3-4,9,11,13-16,18,20H2,1-2H3;2*1H/t25?,28-,29+,30-,32?,33-,34+;;/m0../s1. The first kappa shape index (κ1) is 25.6. The Bertz CT molecular complexity index is 1260. The van der Waals surface area contributed by atoms with Crippen molar-refractivity contribution in [3.8, 4) is 5.75 Å². The van der Waals surface area contributed by atoms with Gasteiger partial charge in [0.1, 0.15) is 23.7 Å². The van der Waals surface area contributed by atoms with Crippen LogP contribution in [0.5, 0.6) is 5.75 Å². The Morgan fingerprint density at radius 1 is 0.974 bits per heavy atom. The quantitative estimate of drug-likeness (QED) is 0.348. The van der Waals surface area contributed by atoms with Crippen LogP contribution in [0.25, 0.3) is 0 Å². The smallest absolute Gasteiger partial charge is 0.133 e. The molecule has 2 aromatic carbocycles. The molecule has 7 atom stereocenters. The predicted molar refractivity (Wildman–Crippen MR) is 155 cm³/mol. The molecule has 3 saturated carbocycles. The van der Waals surface area contributed by atoms with Crippen LogP contribution in [-0.4, -0.2) is 49.4 Å². The molecule has 0 bridgehead atoms. The number of methoxy groups -OCH3 is 1. The number of aryl methyl sites for hydroxylation is 1. The highest BCUT2D eigenvalue weighted by atomic mass is 16.5. The van der Waals surface area contributed by atoms with Crippen molar-refractivity contribution < 1.29 is 27.3 Å². The molecule has 2 N–H and O–H groups in total. The van der Waals surface area contributed by atoms with E-state index in [0.717, 1.165) is 37.4 Å². The lowest BCUT2D eigenvalue weighted by Crippen LogP contribution is -2.58. The molecule has 2 unspecified atom stereocenters. The summed E-state index contributed by atoms with van der Waals surface area (Å²) in [4.78, 5) is 0. The van der Waals surface area contributed by atoms with Gasteiger partial charge in [-0.1, -0.05) is 37.3 Å². The van der Waals surface area contributed by atoms with E-state index < -0.39 is 5.60 Å². The van der Waals surface area contributed by atoms with Crippen molar-refractivity contribution in [3.05, 3.63) is 76.6 Å². The molecule has 0 spiro atoms. The van der Waals surface area contributed by atoms with E-state index in [-0.39, 0.29) is 19.9 Å². The summed E-state index contributed by atoms with van der Waals surface area (Å²) in [7, 11) is 1.68. The van der Waals surface area contributed by atoms with E-state index >= 15 is 0 Å². The van der Waals surface area contributed by atoms with E-state index in [0.29, 0.717) is 50.1 Å². The second-order valence-corrected chi connectivity index (χ2v) is 13.0. The van der Waals surface area contributed by atoms with E-state index in [9.17, 15) is 10.2 Å². The second-order valence-electron chi connectivity index (χ2n) is 13.0. The topological polar surface area (TPSA) is 68.2 Å². The fraction of sp³-hybridized carbons (Fsp3) is 0.588. The van der Waals surface area contributed by atoms with Crippen LogP contribution in [0.15, 0.2) is 54.3 Å².